The van der Waals surface area contributed by atoms with Crippen LogP contribution in [-0.2, 0) is 15.1 Å². The Bertz CT molecular complexity index is 651. The van der Waals surface area contributed by atoms with Crippen molar-refractivity contribution >= 4 is 5.97 Å². The van der Waals surface area contributed by atoms with E-state index >= 15 is 0 Å². The Balaban J connectivity index is 1.52. The standard InChI is InChI=1S/C21H25NO3/c23-20(12-7-17-24-19-10-5-2-6-11-19)25-21(13-15-22-16-14-21)18-8-3-1-4-9-18/h1-6,8-11,22H,7,12-17H2. The zero-order chi connectivity index (χ0) is 17.4. The number of ether oxygens (including phenoxy) is 2. The maximum absolute atomic E-state index is 12.4. The van der Waals surface area contributed by atoms with Crippen LogP contribution < -0.4 is 10.1 Å². The summed E-state index contributed by atoms with van der Waals surface area (Å²) in [6.45, 7) is 2.23. The average Bonchev–Trinajstić information content (AvgIpc) is 2.67. The van der Waals surface area contributed by atoms with E-state index in [2.05, 4.69) is 17.4 Å². The fraction of sp³-hybridized carbons (Fsp3) is 0.381. The normalized spacial score (nSPS) is 16.2. The molecule has 1 aliphatic heterocycles. The summed E-state index contributed by atoms with van der Waals surface area (Å²) in [7, 11) is 0. The quantitative estimate of drug-likeness (QED) is 0.618. The summed E-state index contributed by atoms with van der Waals surface area (Å²) >= 11 is 0. The largest absolute Gasteiger partial charge is 0.494 e. The second-order valence-corrected chi connectivity index (χ2v) is 6.35. The molecule has 4 heteroatoms. The van der Waals surface area contributed by atoms with Gasteiger partial charge in [-0.2, -0.15) is 0 Å². The van der Waals surface area contributed by atoms with Gasteiger partial charge >= 0.3 is 5.97 Å². The molecule has 132 valence electrons. The van der Waals surface area contributed by atoms with Gasteiger partial charge in [0.25, 0.3) is 0 Å². The summed E-state index contributed by atoms with van der Waals surface area (Å²) in [6.07, 6.45) is 2.64. The van der Waals surface area contributed by atoms with Crippen LogP contribution in [0.5, 0.6) is 5.75 Å². The van der Waals surface area contributed by atoms with Gasteiger partial charge in [-0.05, 0) is 37.2 Å². The SMILES string of the molecule is O=C(CCCOc1ccccc1)OC1(c2ccccc2)CCNCC1. The third-order valence-corrected chi connectivity index (χ3v) is 4.56. The molecule has 0 aliphatic carbocycles. The predicted molar refractivity (Wildman–Crippen MR) is 97.5 cm³/mol. The lowest BCUT2D eigenvalue weighted by atomic mass is 9.84. The first-order chi connectivity index (χ1) is 12.3. The minimum Gasteiger partial charge on any atom is -0.494 e. The van der Waals surface area contributed by atoms with Crippen LogP contribution in [0.15, 0.2) is 60.7 Å². The van der Waals surface area contributed by atoms with Gasteiger partial charge in [-0.25, -0.2) is 0 Å². The molecule has 0 unspecified atom stereocenters. The van der Waals surface area contributed by atoms with Crippen LogP contribution in [0, 0.1) is 0 Å². The first-order valence-corrected chi connectivity index (χ1v) is 8.94. The van der Waals surface area contributed by atoms with E-state index < -0.39 is 5.60 Å². The first-order valence-electron chi connectivity index (χ1n) is 8.94. The molecule has 3 rings (SSSR count). The number of nitrogens with one attached hydrogen (secondary N) is 1. The molecule has 1 fully saturated rings. The monoisotopic (exact) mass is 339 g/mol. The van der Waals surface area contributed by atoms with Crippen molar-refractivity contribution in [2.45, 2.75) is 31.3 Å². The van der Waals surface area contributed by atoms with E-state index in [1.54, 1.807) is 0 Å². The molecule has 2 aromatic carbocycles. The van der Waals surface area contributed by atoms with Gasteiger partial charge in [0, 0.05) is 19.3 Å². The molecule has 0 bridgehead atoms. The molecular weight excluding hydrogens is 314 g/mol. The Hall–Kier alpha value is -2.33. The maximum Gasteiger partial charge on any atom is 0.306 e. The van der Waals surface area contributed by atoms with Crippen LogP contribution in [-0.4, -0.2) is 25.7 Å². The Kier molecular flexibility index (Phi) is 6.07. The zero-order valence-electron chi connectivity index (χ0n) is 14.4. The number of para-hydroxylation sites is 1. The van der Waals surface area contributed by atoms with Gasteiger partial charge in [0.1, 0.15) is 11.4 Å². The van der Waals surface area contributed by atoms with Crippen LogP contribution in [0.25, 0.3) is 0 Å². The molecule has 1 aliphatic rings. The van der Waals surface area contributed by atoms with E-state index in [1.807, 2.05) is 48.5 Å². The summed E-state index contributed by atoms with van der Waals surface area (Å²) in [5, 5.41) is 3.34. The highest BCUT2D eigenvalue weighted by atomic mass is 16.6. The molecule has 0 atom stereocenters. The molecule has 1 heterocycles. The number of esters is 1. The summed E-state index contributed by atoms with van der Waals surface area (Å²) in [4.78, 5) is 12.4. The first kappa shape index (κ1) is 17.5. The van der Waals surface area contributed by atoms with Crippen LogP contribution in [0.1, 0.15) is 31.2 Å². The molecule has 0 amide bonds. The van der Waals surface area contributed by atoms with Gasteiger partial charge < -0.3 is 14.8 Å². The average molecular weight is 339 g/mol. The van der Waals surface area contributed by atoms with E-state index in [4.69, 9.17) is 9.47 Å². The highest BCUT2D eigenvalue weighted by Crippen LogP contribution is 2.35. The third-order valence-electron chi connectivity index (χ3n) is 4.56. The second-order valence-electron chi connectivity index (χ2n) is 6.35. The van der Waals surface area contributed by atoms with E-state index in [1.165, 1.54) is 0 Å². The molecule has 0 saturated carbocycles. The number of carbonyl (C=O) groups excluding carboxylic acids is 1. The minimum absolute atomic E-state index is 0.151. The van der Waals surface area contributed by atoms with Gasteiger partial charge in [-0.3, -0.25) is 4.79 Å². The number of hydrogen-bond donors (Lipinski definition) is 1. The summed E-state index contributed by atoms with van der Waals surface area (Å²) < 4.78 is 11.6. The second kappa shape index (κ2) is 8.67. The number of piperidine rings is 1. The van der Waals surface area contributed by atoms with Crippen molar-refractivity contribution in [2.24, 2.45) is 0 Å². The number of hydrogen-bond acceptors (Lipinski definition) is 4. The van der Waals surface area contributed by atoms with Gasteiger partial charge in [-0.1, -0.05) is 48.5 Å². The lowest BCUT2D eigenvalue weighted by molar-refractivity contribution is -0.164. The number of carbonyl (C=O) groups is 1. The van der Waals surface area contributed by atoms with Crippen molar-refractivity contribution in [2.75, 3.05) is 19.7 Å². The smallest absolute Gasteiger partial charge is 0.306 e. The van der Waals surface area contributed by atoms with E-state index in [0.29, 0.717) is 19.4 Å². The van der Waals surface area contributed by atoms with Gasteiger partial charge in [-0.15, -0.1) is 0 Å². The molecule has 2 aromatic rings. The molecule has 0 radical (unpaired) electrons. The molecule has 1 N–H and O–H groups in total. The van der Waals surface area contributed by atoms with E-state index in [0.717, 1.165) is 37.2 Å². The molecule has 0 aromatic heterocycles. The summed E-state index contributed by atoms with van der Waals surface area (Å²) in [5.74, 6) is 0.678. The van der Waals surface area contributed by atoms with Crippen LogP contribution >= 0.6 is 0 Å². The van der Waals surface area contributed by atoms with E-state index in [-0.39, 0.29) is 5.97 Å². The van der Waals surface area contributed by atoms with Crippen molar-refractivity contribution in [3.05, 3.63) is 66.2 Å². The number of rotatable bonds is 7. The Morgan fingerprint density at radius 3 is 2.28 bits per heavy atom. The van der Waals surface area contributed by atoms with E-state index in [9.17, 15) is 4.79 Å². The molecule has 1 saturated heterocycles. The molecule has 25 heavy (non-hydrogen) atoms. The zero-order valence-corrected chi connectivity index (χ0v) is 14.4. The van der Waals surface area contributed by atoms with Gasteiger partial charge in [0.15, 0.2) is 0 Å². The molecule has 4 nitrogen and oxygen atoms in total. The van der Waals surface area contributed by atoms with Crippen molar-refractivity contribution in [1.82, 2.24) is 5.32 Å². The predicted octanol–water partition coefficient (Wildman–Crippen LogP) is 3.67. The molecule has 0 spiro atoms. The number of benzene rings is 2. The third kappa shape index (κ3) is 4.83. The summed E-state index contributed by atoms with van der Waals surface area (Å²) in [6, 6.07) is 19.7. The Morgan fingerprint density at radius 2 is 1.60 bits per heavy atom. The topological polar surface area (TPSA) is 47.6 Å². The lowest BCUT2D eigenvalue weighted by Crippen LogP contribution is -2.43. The Labute approximate surface area is 149 Å². The maximum atomic E-state index is 12.4. The van der Waals surface area contributed by atoms with Gasteiger partial charge in [0.2, 0.25) is 0 Å². The van der Waals surface area contributed by atoms with Crippen molar-refractivity contribution < 1.29 is 14.3 Å². The van der Waals surface area contributed by atoms with Crippen LogP contribution in [0.2, 0.25) is 0 Å². The fourth-order valence-electron chi connectivity index (χ4n) is 3.21. The highest BCUT2D eigenvalue weighted by molar-refractivity contribution is 5.70. The van der Waals surface area contributed by atoms with Crippen molar-refractivity contribution in [3.8, 4) is 5.75 Å². The summed E-state index contributed by atoms with van der Waals surface area (Å²) in [5.41, 5.74) is 0.592. The lowest BCUT2D eigenvalue weighted by Gasteiger charge is -2.37. The van der Waals surface area contributed by atoms with Crippen molar-refractivity contribution in [1.29, 1.82) is 0 Å². The Morgan fingerprint density at radius 1 is 0.960 bits per heavy atom. The van der Waals surface area contributed by atoms with Gasteiger partial charge in [0.05, 0.1) is 6.61 Å². The van der Waals surface area contributed by atoms with Crippen LogP contribution in [0.4, 0.5) is 0 Å². The minimum atomic E-state index is -0.496. The highest BCUT2D eigenvalue weighted by Gasteiger charge is 2.37. The van der Waals surface area contributed by atoms with Crippen molar-refractivity contribution in [3.63, 3.8) is 0 Å². The molecular formula is C21H25NO3. The van der Waals surface area contributed by atoms with Crippen LogP contribution in [0.3, 0.4) is 0 Å². The fourth-order valence-corrected chi connectivity index (χ4v) is 3.21.